The number of aliphatic carboxylic acids is 1. The van der Waals surface area contributed by atoms with Gasteiger partial charge in [-0.1, -0.05) is 308 Å². The first-order valence-electron chi connectivity index (χ1n) is 42.7. The van der Waals surface area contributed by atoms with Crippen LogP contribution >= 0.6 is 0 Å². The highest BCUT2D eigenvalue weighted by atomic mass is 16.8. The van der Waals surface area contributed by atoms with Crippen molar-refractivity contribution in [2.75, 3.05) is 26.4 Å². The van der Waals surface area contributed by atoms with E-state index in [1.54, 1.807) is 6.08 Å². The van der Waals surface area contributed by atoms with Gasteiger partial charge in [-0.15, -0.1) is 0 Å². The van der Waals surface area contributed by atoms with E-state index in [0.29, 0.717) is 12.8 Å². The van der Waals surface area contributed by atoms with Crippen molar-refractivity contribution < 1.29 is 104 Å². The van der Waals surface area contributed by atoms with E-state index >= 15 is 0 Å². The molecule has 0 saturated carbocycles. The van der Waals surface area contributed by atoms with Crippen molar-refractivity contribution in [2.24, 2.45) is 0 Å². The number of carboxylic acid groups (broad SMARTS) is 1. The van der Waals surface area contributed by atoms with E-state index in [0.717, 1.165) is 51.9 Å². The highest BCUT2D eigenvalue weighted by molar-refractivity contribution is 5.77. The highest BCUT2D eigenvalue weighted by Gasteiger charge is 2.60. The van der Waals surface area contributed by atoms with Crippen LogP contribution < -0.4 is 10.6 Å². The number of allylic oxidation sites excluding steroid dienone is 3. The van der Waals surface area contributed by atoms with E-state index in [4.69, 9.17) is 28.4 Å². The third-order valence-corrected chi connectivity index (χ3v) is 21.6. The fourth-order valence-corrected chi connectivity index (χ4v) is 14.9. The first kappa shape index (κ1) is 97.4. The molecule has 3 saturated heterocycles. The van der Waals surface area contributed by atoms with Gasteiger partial charge in [-0.3, -0.25) is 9.59 Å². The second kappa shape index (κ2) is 61.8. The van der Waals surface area contributed by atoms with Gasteiger partial charge in [-0.05, 0) is 44.9 Å². The van der Waals surface area contributed by atoms with Crippen LogP contribution in [0.2, 0.25) is 0 Å². The van der Waals surface area contributed by atoms with Gasteiger partial charge < -0.3 is 100 Å². The lowest BCUT2D eigenvalue weighted by molar-refractivity contribution is -0.386. The molecule has 0 radical (unpaired) electrons. The number of ether oxygens (including phenoxy) is 6. The Labute approximate surface area is 638 Å². The largest absolute Gasteiger partial charge is 0.477 e. The quantitative estimate of drug-likeness (QED) is 0.0199. The monoisotopic (exact) mass is 1520 g/mol. The minimum Gasteiger partial charge on any atom is -0.477 e. The molecule has 0 bridgehead atoms. The smallest absolute Gasteiger partial charge is 0.364 e. The Morgan fingerprint density at radius 2 is 0.887 bits per heavy atom. The number of hydrogen-bond acceptors (Lipinski definition) is 20. The van der Waals surface area contributed by atoms with Crippen molar-refractivity contribution in [1.82, 2.24) is 10.6 Å². The molecule has 622 valence electrons. The number of carboxylic acids is 1. The van der Waals surface area contributed by atoms with Crippen molar-refractivity contribution in [2.45, 2.75) is 458 Å². The second-order valence-corrected chi connectivity index (χ2v) is 31.0. The van der Waals surface area contributed by atoms with E-state index in [2.05, 4.69) is 36.6 Å². The maximum absolute atomic E-state index is 13.6. The molecule has 2 amide bonds. The molecule has 3 rings (SSSR count). The van der Waals surface area contributed by atoms with Gasteiger partial charge in [0.1, 0.15) is 67.1 Å². The summed E-state index contributed by atoms with van der Waals surface area (Å²) < 4.78 is 35.0. The number of nitrogens with one attached hydrogen (secondary N) is 2. The predicted molar refractivity (Wildman–Crippen MR) is 412 cm³/mol. The molecule has 0 aromatic carbocycles. The zero-order valence-electron chi connectivity index (χ0n) is 66.1. The number of aliphatic hydroxyl groups is 11. The second-order valence-electron chi connectivity index (χ2n) is 31.0. The molecule has 3 heterocycles. The number of aliphatic hydroxyl groups excluding tert-OH is 11. The van der Waals surface area contributed by atoms with Crippen molar-refractivity contribution in [3.63, 3.8) is 0 Å². The summed E-state index contributed by atoms with van der Waals surface area (Å²) in [5, 5.41) is 137. The lowest BCUT2D eigenvalue weighted by atomic mass is 9.88. The lowest BCUT2D eigenvalue weighted by Gasteiger charge is -2.50. The normalized spacial score (nSPS) is 26.2. The molecule has 18 atom stereocenters. The molecule has 18 unspecified atom stereocenters. The summed E-state index contributed by atoms with van der Waals surface area (Å²) in [7, 11) is 0. The number of carbonyl (C=O) groups excluding carboxylic acids is 2. The molecule has 0 aromatic heterocycles. The molecular formula is C83H154N2O21. The Morgan fingerprint density at radius 3 is 1.28 bits per heavy atom. The zero-order chi connectivity index (χ0) is 77.4. The molecule has 3 aliphatic rings. The predicted octanol–water partition coefficient (Wildman–Crippen LogP) is 12.3. The summed E-state index contributed by atoms with van der Waals surface area (Å²) in [6.45, 7) is 2.20. The summed E-state index contributed by atoms with van der Waals surface area (Å²) in [5.41, 5.74) is 0. The van der Waals surface area contributed by atoms with E-state index in [9.17, 15) is 75.7 Å². The van der Waals surface area contributed by atoms with Crippen LogP contribution in [0.4, 0.5) is 0 Å². The number of unbranched alkanes of at least 4 members (excludes halogenated alkanes) is 46. The number of carbonyl (C=O) groups is 3. The number of rotatable bonds is 68. The van der Waals surface area contributed by atoms with Crippen LogP contribution in [0.5, 0.6) is 0 Å². The first-order chi connectivity index (χ1) is 51.4. The standard InChI is InChI=1S/C83H154N2O21/c1-4-6-8-10-12-14-16-18-20-22-24-26-28-29-30-31-32-33-35-37-39-41-43-45-47-49-51-53-55-57-70(93)85-64(65(90)56-54-52-50-48-46-44-42-40-38-36-34-27-25-23-21-19-17-15-13-11-9-7-5-2)62-101-80-75(97)74(96)77(69(61-88)103-80)104-81-76(98)79(73(95)68(60-87)102-81)106-83(82(99)100)58-66(91)71(84-63(3)89)78(105-83)72(94)67(92)59-86/h29-30,54,56,64-69,71-81,86-88,90-92,94-98H,4-28,31-53,55,57-62H2,1-3H3,(H,84,89)(H,85,93)(H,99,100)/b30-29-,56-54+. The summed E-state index contributed by atoms with van der Waals surface area (Å²) >= 11 is 0. The van der Waals surface area contributed by atoms with Crippen LogP contribution in [0.3, 0.4) is 0 Å². The zero-order valence-corrected chi connectivity index (χ0v) is 66.1. The van der Waals surface area contributed by atoms with Crippen LogP contribution in [0.15, 0.2) is 24.3 Å². The van der Waals surface area contributed by atoms with Gasteiger partial charge in [0.25, 0.3) is 5.79 Å². The molecule has 14 N–H and O–H groups in total. The fourth-order valence-electron chi connectivity index (χ4n) is 14.9. The van der Waals surface area contributed by atoms with Crippen molar-refractivity contribution in [3.05, 3.63) is 24.3 Å². The summed E-state index contributed by atoms with van der Waals surface area (Å²) in [6, 6.07) is -2.62. The van der Waals surface area contributed by atoms with Crippen LogP contribution in [-0.4, -0.2) is 215 Å². The Bertz CT molecular complexity index is 2200. The summed E-state index contributed by atoms with van der Waals surface area (Å²) in [5.74, 6) is -6.13. The van der Waals surface area contributed by atoms with Crippen LogP contribution in [-0.2, 0) is 42.8 Å². The minimum atomic E-state index is -3.08. The van der Waals surface area contributed by atoms with Gasteiger partial charge >= 0.3 is 5.97 Å². The van der Waals surface area contributed by atoms with E-state index < -0.39 is 155 Å². The van der Waals surface area contributed by atoms with Crippen molar-refractivity contribution >= 4 is 17.8 Å². The fraction of sp³-hybridized carbons (Fsp3) is 0.916. The molecule has 3 fully saturated rings. The summed E-state index contributed by atoms with van der Waals surface area (Å²) in [6.07, 6.45) is 40.7. The Hall–Kier alpha value is -2.79. The van der Waals surface area contributed by atoms with Gasteiger partial charge in [0, 0.05) is 19.8 Å². The molecular weight excluding hydrogens is 1360 g/mol. The first-order valence-corrected chi connectivity index (χ1v) is 42.7. The van der Waals surface area contributed by atoms with E-state index in [1.165, 1.54) is 257 Å². The van der Waals surface area contributed by atoms with Gasteiger partial charge in [0.2, 0.25) is 11.8 Å². The topological polar surface area (TPSA) is 373 Å². The molecule has 23 nitrogen and oxygen atoms in total. The van der Waals surface area contributed by atoms with Crippen LogP contribution in [0.25, 0.3) is 0 Å². The molecule has 3 aliphatic heterocycles. The Morgan fingerprint density at radius 1 is 0.491 bits per heavy atom. The van der Waals surface area contributed by atoms with Crippen molar-refractivity contribution in [3.8, 4) is 0 Å². The average molecular weight is 1520 g/mol. The van der Waals surface area contributed by atoms with Gasteiger partial charge in [0.15, 0.2) is 12.6 Å². The Balaban J connectivity index is 1.49. The minimum absolute atomic E-state index is 0.202. The molecule has 23 heteroatoms. The molecule has 0 aliphatic carbocycles. The lowest BCUT2D eigenvalue weighted by Crippen LogP contribution is -2.70. The van der Waals surface area contributed by atoms with Crippen molar-refractivity contribution in [1.29, 1.82) is 0 Å². The molecule has 0 spiro atoms. The van der Waals surface area contributed by atoms with E-state index in [1.807, 2.05) is 6.08 Å². The van der Waals surface area contributed by atoms with Crippen LogP contribution in [0.1, 0.15) is 348 Å². The maximum atomic E-state index is 13.6. The SMILES string of the molecule is CCCCCCCCCCCCCC/C=C\CCCCCCCCCCCCCCCC(=O)NC(COC1OC(CO)C(OC2OC(CO)C(O)C(OC3(C(=O)O)CC(O)C(NC(C)=O)C(C(O)C(O)CO)O3)C2O)C(O)C1O)C(O)/C=C/CCCCCCCCCCCCCCCCCCCCCCC. The molecule has 0 aromatic rings. The van der Waals surface area contributed by atoms with Crippen LogP contribution in [0, 0.1) is 0 Å². The maximum Gasteiger partial charge on any atom is 0.364 e. The Kier molecular flexibility index (Phi) is 56.7. The average Bonchev–Trinajstić information content (AvgIpc) is 0.754. The highest BCUT2D eigenvalue weighted by Crippen LogP contribution is 2.39. The number of amides is 2. The van der Waals surface area contributed by atoms with Gasteiger partial charge in [-0.25, -0.2) is 4.79 Å². The number of hydrogen-bond donors (Lipinski definition) is 14. The molecule has 106 heavy (non-hydrogen) atoms. The third-order valence-electron chi connectivity index (χ3n) is 21.6. The van der Waals surface area contributed by atoms with Gasteiger partial charge in [-0.2, -0.15) is 0 Å². The van der Waals surface area contributed by atoms with E-state index in [-0.39, 0.29) is 12.3 Å². The van der Waals surface area contributed by atoms with Gasteiger partial charge in [0.05, 0.1) is 50.7 Å². The summed E-state index contributed by atoms with van der Waals surface area (Å²) in [4.78, 5) is 38.7. The third kappa shape index (κ3) is 41.1.